The molecular formula is C11H12O4. The van der Waals surface area contributed by atoms with Crippen molar-refractivity contribution in [2.45, 2.75) is 13.3 Å². The zero-order valence-corrected chi connectivity index (χ0v) is 8.30. The Labute approximate surface area is 87.2 Å². The van der Waals surface area contributed by atoms with Gasteiger partial charge in [-0.15, -0.1) is 0 Å². The maximum Gasteiger partial charge on any atom is 0.314 e. The Bertz CT molecular complexity index is 370. The van der Waals surface area contributed by atoms with E-state index < -0.39 is 17.7 Å². The molecule has 1 aromatic rings. The van der Waals surface area contributed by atoms with E-state index in [0.717, 1.165) is 0 Å². The molecule has 0 aliphatic rings. The number of carboxylic acid groups (broad SMARTS) is 1. The second-order valence-electron chi connectivity index (χ2n) is 3.33. The number of carboxylic acids is 1. The molecule has 1 unspecified atom stereocenters. The number of hydrogen-bond donors (Lipinski definition) is 2. The standard InChI is InChI=1S/C11H12O4/c1-7(12)9(11(14)15)6-8-4-2-3-5-10(8)13/h2-5,9,13H,6H2,1H3,(H,14,15). The molecule has 0 radical (unpaired) electrons. The summed E-state index contributed by atoms with van der Waals surface area (Å²) >= 11 is 0. The number of phenolic OH excluding ortho intramolecular Hbond substituents is 1. The number of hydrogen-bond acceptors (Lipinski definition) is 3. The maximum atomic E-state index is 11.0. The molecule has 2 N–H and O–H groups in total. The summed E-state index contributed by atoms with van der Waals surface area (Å²) in [6.07, 6.45) is 0.0251. The topological polar surface area (TPSA) is 74.6 Å². The molecule has 1 atom stereocenters. The molecule has 1 rings (SSSR count). The van der Waals surface area contributed by atoms with Gasteiger partial charge in [-0.3, -0.25) is 9.59 Å². The highest BCUT2D eigenvalue weighted by atomic mass is 16.4. The number of aliphatic carboxylic acids is 1. The van der Waals surface area contributed by atoms with Gasteiger partial charge in [-0.1, -0.05) is 18.2 Å². The van der Waals surface area contributed by atoms with Crippen LogP contribution >= 0.6 is 0 Å². The van der Waals surface area contributed by atoms with Crippen molar-refractivity contribution < 1.29 is 19.8 Å². The van der Waals surface area contributed by atoms with Gasteiger partial charge >= 0.3 is 5.97 Å². The van der Waals surface area contributed by atoms with Gasteiger partial charge in [0.1, 0.15) is 17.5 Å². The van der Waals surface area contributed by atoms with Gasteiger partial charge < -0.3 is 10.2 Å². The van der Waals surface area contributed by atoms with Crippen molar-refractivity contribution in [3.05, 3.63) is 29.8 Å². The molecule has 4 nitrogen and oxygen atoms in total. The van der Waals surface area contributed by atoms with Crippen LogP contribution in [0.15, 0.2) is 24.3 Å². The van der Waals surface area contributed by atoms with Gasteiger partial charge in [0.15, 0.2) is 0 Å². The fraction of sp³-hybridized carbons (Fsp3) is 0.273. The lowest BCUT2D eigenvalue weighted by Gasteiger charge is -2.09. The summed E-state index contributed by atoms with van der Waals surface area (Å²) in [5.41, 5.74) is 0.472. The van der Waals surface area contributed by atoms with Crippen LogP contribution in [0.3, 0.4) is 0 Å². The average Bonchev–Trinajstić information content (AvgIpc) is 2.15. The van der Waals surface area contributed by atoms with E-state index in [2.05, 4.69) is 0 Å². The zero-order chi connectivity index (χ0) is 11.4. The number of Topliss-reactive ketones (excluding diaryl/α,β-unsaturated/α-hetero) is 1. The van der Waals surface area contributed by atoms with Crippen LogP contribution in [0.2, 0.25) is 0 Å². The van der Waals surface area contributed by atoms with Crippen LogP contribution in [0, 0.1) is 5.92 Å². The lowest BCUT2D eigenvalue weighted by Crippen LogP contribution is -2.23. The molecule has 0 fully saturated rings. The first-order valence-electron chi connectivity index (χ1n) is 4.52. The molecule has 0 aromatic heterocycles. The number of carbonyl (C=O) groups excluding carboxylic acids is 1. The van der Waals surface area contributed by atoms with E-state index >= 15 is 0 Å². The largest absolute Gasteiger partial charge is 0.508 e. The van der Waals surface area contributed by atoms with E-state index in [1.54, 1.807) is 18.2 Å². The minimum absolute atomic E-state index is 0.0185. The third kappa shape index (κ3) is 2.80. The van der Waals surface area contributed by atoms with Gasteiger partial charge in [-0.2, -0.15) is 0 Å². The summed E-state index contributed by atoms with van der Waals surface area (Å²) in [4.78, 5) is 21.8. The summed E-state index contributed by atoms with van der Waals surface area (Å²) < 4.78 is 0. The quantitative estimate of drug-likeness (QED) is 0.729. The molecule has 80 valence electrons. The number of rotatable bonds is 4. The first-order valence-corrected chi connectivity index (χ1v) is 4.52. The van der Waals surface area contributed by atoms with Crippen LogP contribution < -0.4 is 0 Å². The highest BCUT2D eigenvalue weighted by Crippen LogP contribution is 2.20. The normalized spacial score (nSPS) is 12.1. The van der Waals surface area contributed by atoms with Gasteiger partial charge in [0.2, 0.25) is 0 Å². The summed E-state index contributed by atoms with van der Waals surface area (Å²) in [6, 6.07) is 6.40. The molecule has 0 heterocycles. The van der Waals surface area contributed by atoms with Crippen molar-refractivity contribution >= 4 is 11.8 Å². The molecule has 0 saturated heterocycles. The lowest BCUT2D eigenvalue weighted by atomic mass is 9.95. The van der Waals surface area contributed by atoms with Crippen molar-refractivity contribution in [1.82, 2.24) is 0 Å². The highest BCUT2D eigenvalue weighted by molar-refractivity contribution is 5.97. The molecule has 0 amide bonds. The minimum atomic E-state index is -1.16. The second kappa shape index (κ2) is 4.59. The number of phenols is 1. The van der Waals surface area contributed by atoms with E-state index in [0.29, 0.717) is 5.56 Å². The first kappa shape index (κ1) is 11.2. The van der Waals surface area contributed by atoms with Crippen LogP contribution in [0.5, 0.6) is 5.75 Å². The summed E-state index contributed by atoms with van der Waals surface area (Å²) in [5, 5.41) is 18.2. The van der Waals surface area contributed by atoms with Crippen molar-refractivity contribution in [1.29, 1.82) is 0 Å². The number of para-hydroxylation sites is 1. The van der Waals surface area contributed by atoms with Crippen LogP contribution in [-0.4, -0.2) is 22.0 Å². The Morgan fingerprint density at radius 1 is 1.33 bits per heavy atom. The van der Waals surface area contributed by atoms with Gasteiger partial charge in [0, 0.05) is 0 Å². The lowest BCUT2D eigenvalue weighted by molar-refractivity contribution is -0.145. The Balaban J connectivity index is 2.88. The van der Waals surface area contributed by atoms with Crippen molar-refractivity contribution in [3.8, 4) is 5.75 Å². The second-order valence-corrected chi connectivity index (χ2v) is 3.33. The Morgan fingerprint density at radius 3 is 2.40 bits per heavy atom. The van der Waals surface area contributed by atoms with Gasteiger partial charge in [-0.25, -0.2) is 0 Å². The molecule has 15 heavy (non-hydrogen) atoms. The monoisotopic (exact) mass is 208 g/mol. The van der Waals surface area contributed by atoms with Crippen molar-refractivity contribution in [2.24, 2.45) is 5.92 Å². The molecule has 0 saturated carbocycles. The smallest absolute Gasteiger partial charge is 0.314 e. The zero-order valence-electron chi connectivity index (χ0n) is 8.30. The molecule has 0 spiro atoms. The van der Waals surface area contributed by atoms with Gasteiger partial charge in [0.05, 0.1) is 0 Å². The van der Waals surface area contributed by atoms with Crippen LogP contribution in [0.4, 0.5) is 0 Å². The average molecular weight is 208 g/mol. The molecule has 0 bridgehead atoms. The van der Waals surface area contributed by atoms with Crippen molar-refractivity contribution in [2.75, 3.05) is 0 Å². The number of aromatic hydroxyl groups is 1. The van der Waals surface area contributed by atoms with Gasteiger partial charge in [0.25, 0.3) is 0 Å². The molecule has 1 aromatic carbocycles. The Hall–Kier alpha value is -1.84. The highest BCUT2D eigenvalue weighted by Gasteiger charge is 2.23. The molecule has 0 aliphatic heterocycles. The third-order valence-corrected chi connectivity index (χ3v) is 2.20. The predicted octanol–water partition coefficient (Wildman–Crippen LogP) is 1.22. The van der Waals surface area contributed by atoms with E-state index in [1.807, 2.05) is 0 Å². The first-order chi connectivity index (χ1) is 7.02. The predicted molar refractivity (Wildman–Crippen MR) is 53.6 cm³/mol. The molecule has 0 aliphatic carbocycles. The van der Waals surface area contributed by atoms with Crippen molar-refractivity contribution in [3.63, 3.8) is 0 Å². The SMILES string of the molecule is CC(=O)C(Cc1ccccc1O)C(=O)O. The van der Waals surface area contributed by atoms with Gasteiger partial charge in [-0.05, 0) is 25.0 Å². The maximum absolute atomic E-state index is 11.0. The fourth-order valence-corrected chi connectivity index (χ4v) is 1.31. The van der Waals surface area contributed by atoms with E-state index in [4.69, 9.17) is 5.11 Å². The molecular weight excluding hydrogens is 196 g/mol. The summed E-state index contributed by atoms with van der Waals surface area (Å²) in [7, 11) is 0. The summed E-state index contributed by atoms with van der Waals surface area (Å²) in [6.45, 7) is 1.23. The Kier molecular flexibility index (Phi) is 3.44. The van der Waals surface area contributed by atoms with E-state index in [-0.39, 0.29) is 12.2 Å². The summed E-state index contributed by atoms with van der Waals surface area (Å²) in [5.74, 6) is -2.64. The van der Waals surface area contributed by atoms with Crippen LogP contribution in [0.25, 0.3) is 0 Å². The minimum Gasteiger partial charge on any atom is -0.508 e. The Morgan fingerprint density at radius 2 is 1.93 bits per heavy atom. The number of carbonyl (C=O) groups is 2. The van der Waals surface area contributed by atoms with E-state index in [1.165, 1.54) is 13.0 Å². The van der Waals surface area contributed by atoms with Crippen LogP contribution in [0.1, 0.15) is 12.5 Å². The third-order valence-electron chi connectivity index (χ3n) is 2.20. The fourth-order valence-electron chi connectivity index (χ4n) is 1.31. The van der Waals surface area contributed by atoms with Crippen LogP contribution in [-0.2, 0) is 16.0 Å². The molecule has 4 heteroatoms. The van der Waals surface area contributed by atoms with E-state index in [9.17, 15) is 14.7 Å². The number of benzene rings is 1. The number of ketones is 1.